The van der Waals surface area contributed by atoms with Gasteiger partial charge in [-0.05, 0) is 46.1 Å². The molecule has 2 atom stereocenters. The van der Waals surface area contributed by atoms with Crippen LogP contribution in [0.5, 0.6) is 0 Å². The van der Waals surface area contributed by atoms with Crippen molar-refractivity contribution in [1.29, 1.82) is 0 Å². The zero-order valence-electron chi connectivity index (χ0n) is 13.2. The molecule has 0 aliphatic carbocycles. The maximum absolute atomic E-state index is 12.4. The summed E-state index contributed by atoms with van der Waals surface area (Å²) in [7, 11) is -3.56. The summed E-state index contributed by atoms with van der Waals surface area (Å²) in [5, 5.41) is 3.70. The fourth-order valence-electron chi connectivity index (χ4n) is 2.92. The highest BCUT2D eigenvalue weighted by molar-refractivity contribution is 7.89. The van der Waals surface area contributed by atoms with Crippen LogP contribution >= 0.6 is 0 Å². The Morgan fingerprint density at radius 2 is 2.19 bits per heavy atom. The van der Waals surface area contributed by atoms with Crippen LogP contribution in [0.4, 0.5) is 0 Å². The van der Waals surface area contributed by atoms with Crippen LogP contribution in [0.25, 0.3) is 0 Å². The molecule has 1 N–H and O–H groups in total. The van der Waals surface area contributed by atoms with E-state index >= 15 is 0 Å². The summed E-state index contributed by atoms with van der Waals surface area (Å²) in [6.45, 7) is 10.0. The lowest BCUT2D eigenvalue weighted by molar-refractivity contribution is 0.140. The highest BCUT2D eigenvalue weighted by atomic mass is 32.2. The zero-order valence-corrected chi connectivity index (χ0v) is 14.0. The van der Waals surface area contributed by atoms with Crippen molar-refractivity contribution >= 4 is 10.0 Å². The maximum atomic E-state index is 12.4. The van der Waals surface area contributed by atoms with Crippen LogP contribution in [-0.4, -0.2) is 44.2 Å². The van der Waals surface area contributed by atoms with Gasteiger partial charge in [-0.2, -0.15) is 0 Å². The molecule has 1 fully saturated rings. The van der Waals surface area contributed by atoms with Crippen molar-refractivity contribution in [3.63, 3.8) is 0 Å². The first-order chi connectivity index (χ1) is 9.81. The van der Waals surface area contributed by atoms with Gasteiger partial charge in [0.1, 0.15) is 10.6 Å². The van der Waals surface area contributed by atoms with Gasteiger partial charge in [0, 0.05) is 19.1 Å². The summed E-state index contributed by atoms with van der Waals surface area (Å²) in [5.41, 5.74) is 0.402. The number of hydrogen-bond acceptors (Lipinski definition) is 5. The van der Waals surface area contributed by atoms with Crippen molar-refractivity contribution < 1.29 is 12.9 Å². The number of hydrogen-bond donors (Lipinski definition) is 1. The summed E-state index contributed by atoms with van der Waals surface area (Å²) in [6.07, 6.45) is 2.44. The van der Waals surface area contributed by atoms with E-state index in [1.54, 1.807) is 13.8 Å². The quantitative estimate of drug-likeness (QED) is 0.895. The molecule has 0 saturated carbocycles. The van der Waals surface area contributed by atoms with Crippen LogP contribution in [-0.2, 0) is 10.0 Å². The monoisotopic (exact) mass is 315 g/mol. The number of nitrogens with one attached hydrogen (secondary N) is 1. The first-order valence-corrected chi connectivity index (χ1v) is 8.96. The van der Waals surface area contributed by atoms with Crippen molar-refractivity contribution in [2.45, 2.75) is 51.5 Å². The molecule has 0 spiro atoms. The number of aryl methyl sites for hydroxylation is 2. The minimum Gasteiger partial charge on any atom is -0.360 e. The average molecular weight is 315 g/mol. The van der Waals surface area contributed by atoms with Crippen molar-refractivity contribution in [2.75, 3.05) is 19.6 Å². The van der Waals surface area contributed by atoms with Crippen LogP contribution in [0, 0.1) is 19.8 Å². The second-order valence-electron chi connectivity index (χ2n) is 6.10. The Kier molecular flexibility index (Phi) is 5.06. The molecule has 21 heavy (non-hydrogen) atoms. The molecule has 6 nitrogen and oxygen atoms in total. The minimum atomic E-state index is -3.56. The Morgan fingerprint density at radius 3 is 2.76 bits per heavy atom. The Morgan fingerprint density at radius 1 is 1.48 bits per heavy atom. The van der Waals surface area contributed by atoms with Crippen molar-refractivity contribution in [1.82, 2.24) is 14.8 Å². The number of rotatable bonds is 5. The molecule has 1 aromatic rings. The highest BCUT2D eigenvalue weighted by Crippen LogP contribution is 2.20. The molecule has 0 unspecified atom stereocenters. The molecule has 1 aromatic heterocycles. The summed E-state index contributed by atoms with van der Waals surface area (Å²) < 4.78 is 32.3. The smallest absolute Gasteiger partial charge is 0.246 e. The first kappa shape index (κ1) is 16.5. The van der Waals surface area contributed by atoms with Gasteiger partial charge in [-0.15, -0.1) is 0 Å². The second kappa shape index (κ2) is 6.46. The van der Waals surface area contributed by atoms with Crippen LogP contribution in [0.3, 0.4) is 0 Å². The fraction of sp³-hybridized carbons (Fsp3) is 0.786. The van der Waals surface area contributed by atoms with Gasteiger partial charge in [0.05, 0.1) is 0 Å². The van der Waals surface area contributed by atoms with Gasteiger partial charge in [-0.3, -0.25) is 4.90 Å². The molecule has 2 rings (SSSR count). The normalized spacial score (nSPS) is 22.4. The topological polar surface area (TPSA) is 75.4 Å². The molecule has 0 bridgehead atoms. The summed E-state index contributed by atoms with van der Waals surface area (Å²) in [4.78, 5) is 2.52. The van der Waals surface area contributed by atoms with Crippen LogP contribution in [0.15, 0.2) is 9.42 Å². The minimum absolute atomic E-state index is 0.168. The first-order valence-electron chi connectivity index (χ1n) is 7.48. The van der Waals surface area contributed by atoms with Crippen LogP contribution in [0.1, 0.15) is 38.1 Å². The van der Waals surface area contributed by atoms with E-state index in [0.717, 1.165) is 13.1 Å². The van der Waals surface area contributed by atoms with E-state index in [1.165, 1.54) is 12.8 Å². The Hall–Kier alpha value is -0.920. The van der Waals surface area contributed by atoms with Gasteiger partial charge in [0.25, 0.3) is 0 Å². The molecule has 7 heteroatoms. The third-order valence-corrected chi connectivity index (χ3v) is 5.78. The third-order valence-electron chi connectivity index (χ3n) is 4.12. The molecule has 0 aromatic carbocycles. The van der Waals surface area contributed by atoms with Crippen molar-refractivity contribution in [3.05, 3.63) is 11.5 Å². The summed E-state index contributed by atoms with van der Waals surface area (Å²) in [6, 6.07) is 0.183. The van der Waals surface area contributed by atoms with Gasteiger partial charge in [-0.25, -0.2) is 13.1 Å². The third kappa shape index (κ3) is 3.84. The van der Waals surface area contributed by atoms with Gasteiger partial charge < -0.3 is 4.52 Å². The molecule has 1 aliphatic rings. The molecule has 0 radical (unpaired) electrons. The zero-order chi connectivity index (χ0) is 15.6. The Bertz CT molecular complexity index is 563. The molecule has 120 valence electrons. The lowest BCUT2D eigenvalue weighted by atomic mass is 9.99. The van der Waals surface area contributed by atoms with E-state index in [2.05, 4.69) is 28.6 Å². The van der Waals surface area contributed by atoms with Gasteiger partial charge >= 0.3 is 0 Å². The second-order valence-corrected chi connectivity index (χ2v) is 7.80. The van der Waals surface area contributed by atoms with E-state index in [9.17, 15) is 8.42 Å². The summed E-state index contributed by atoms with van der Waals surface area (Å²) >= 11 is 0. The Labute approximate surface area is 126 Å². The molecule has 1 saturated heterocycles. The molecule has 1 aliphatic heterocycles. The van der Waals surface area contributed by atoms with E-state index in [1.807, 2.05) is 0 Å². The highest BCUT2D eigenvalue weighted by Gasteiger charge is 2.26. The van der Waals surface area contributed by atoms with E-state index in [0.29, 0.717) is 23.9 Å². The maximum Gasteiger partial charge on any atom is 0.246 e. The van der Waals surface area contributed by atoms with E-state index in [4.69, 9.17) is 4.52 Å². The van der Waals surface area contributed by atoms with E-state index < -0.39 is 10.0 Å². The lowest BCUT2D eigenvalue weighted by Gasteiger charge is -2.35. The van der Waals surface area contributed by atoms with Crippen molar-refractivity contribution in [2.24, 2.45) is 5.92 Å². The van der Waals surface area contributed by atoms with E-state index in [-0.39, 0.29) is 10.9 Å². The fourth-order valence-corrected chi connectivity index (χ4v) is 4.36. The summed E-state index contributed by atoms with van der Waals surface area (Å²) in [5.74, 6) is 1.01. The predicted molar refractivity (Wildman–Crippen MR) is 80.6 cm³/mol. The van der Waals surface area contributed by atoms with Gasteiger partial charge in [0.2, 0.25) is 10.0 Å². The largest absolute Gasteiger partial charge is 0.360 e. The van der Waals surface area contributed by atoms with Gasteiger partial charge in [-0.1, -0.05) is 12.1 Å². The number of sulfonamides is 1. The number of nitrogens with zero attached hydrogens (tertiary/aromatic N) is 2. The molecule has 0 amide bonds. The predicted octanol–water partition coefficient (Wildman–Crippen LogP) is 1.69. The molecular weight excluding hydrogens is 290 g/mol. The van der Waals surface area contributed by atoms with Crippen LogP contribution < -0.4 is 4.72 Å². The van der Waals surface area contributed by atoms with Crippen LogP contribution in [0.2, 0.25) is 0 Å². The van der Waals surface area contributed by atoms with Gasteiger partial charge in [0.15, 0.2) is 5.76 Å². The number of piperidine rings is 1. The van der Waals surface area contributed by atoms with Crippen molar-refractivity contribution in [3.8, 4) is 0 Å². The standard InChI is InChI=1S/C14H25N3O3S/c1-10-6-5-7-17(9-10)11(2)8-15-21(18,19)14-12(3)16-20-13(14)4/h10-11,15H,5-9H2,1-4H3/t10-,11+/m1/s1. The number of aromatic nitrogens is 1. The lowest BCUT2D eigenvalue weighted by Crippen LogP contribution is -2.46. The SMILES string of the molecule is Cc1noc(C)c1S(=O)(=O)NC[C@H](C)N1CCC[C@@H](C)C1. The number of likely N-dealkylation sites (tertiary alicyclic amines) is 1. The molecular formula is C14H25N3O3S. The molecule has 2 heterocycles. The Balaban J connectivity index is 1.98. The average Bonchev–Trinajstić information content (AvgIpc) is 2.76.